The Hall–Kier alpha value is -0.970. The second kappa shape index (κ2) is 5.21. The smallest absolute Gasteiger partial charge is 0.305 e. The van der Waals surface area contributed by atoms with E-state index in [1.54, 1.807) is 18.2 Å². The van der Waals surface area contributed by atoms with Gasteiger partial charge in [0.25, 0.3) is 0 Å². The minimum absolute atomic E-state index is 0.375. The maximum absolute atomic E-state index is 11.4. The third-order valence-electron chi connectivity index (χ3n) is 1.73. The number of anilines is 1. The third-order valence-corrected chi connectivity index (χ3v) is 2.28. The van der Waals surface area contributed by atoms with Gasteiger partial charge in [0.1, 0.15) is 0 Å². The first-order chi connectivity index (χ1) is 7.04. The van der Waals surface area contributed by atoms with Crippen LogP contribution in [-0.2, 0) is 4.84 Å². The standard InChI is InChI=1S/C9H10Cl2N2O2/c1-13(15-2)9(14)12-8-4-3-6(10)5-7(8)11/h3-5H,1-2H3,(H,12,14). The predicted molar refractivity (Wildman–Crippen MR) is 60.3 cm³/mol. The molecule has 1 rings (SSSR count). The number of hydroxylamine groups is 2. The van der Waals surface area contributed by atoms with Crippen LogP contribution in [0.15, 0.2) is 18.2 Å². The molecular weight excluding hydrogens is 239 g/mol. The second-order valence-corrected chi connectivity index (χ2v) is 3.58. The number of hydrogen-bond acceptors (Lipinski definition) is 2. The number of nitrogens with zero attached hydrogens (tertiary/aromatic N) is 1. The summed E-state index contributed by atoms with van der Waals surface area (Å²) in [5, 5.41) is 4.49. The normalized spacial score (nSPS) is 9.87. The van der Waals surface area contributed by atoms with Crippen LogP contribution in [0.25, 0.3) is 0 Å². The Labute approximate surface area is 97.7 Å². The summed E-state index contributed by atoms with van der Waals surface area (Å²) < 4.78 is 0. The molecule has 0 aliphatic rings. The van der Waals surface area contributed by atoms with Crippen LogP contribution in [0.4, 0.5) is 10.5 Å². The molecule has 0 aromatic heterocycles. The first-order valence-corrected chi connectivity index (χ1v) is 4.84. The highest BCUT2D eigenvalue weighted by Crippen LogP contribution is 2.25. The molecule has 82 valence electrons. The number of halogens is 2. The number of hydrogen-bond donors (Lipinski definition) is 1. The Morgan fingerprint density at radius 3 is 2.67 bits per heavy atom. The van der Waals surface area contributed by atoms with E-state index in [1.807, 2.05) is 0 Å². The molecule has 1 aromatic carbocycles. The molecule has 0 aliphatic heterocycles. The molecule has 0 atom stereocenters. The van der Waals surface area contributed by atoms with Crippen LogP contribution in [0.2, 0.25) is 10.0 Å². The molecular formula is C9H10Cl2N2O2. The lowest BCUT2D eigenvalue weighted by molar-refractivity contribution is -0.0598. The molecule has 1 aromatic rings. The summed E-state index contributed by atoms with van der Waals surface area (Å²) in [5.74, 6) is 0. The van der Waals surface area contributed by atoms with Crippen LogP contribution in [0.5, 0.6) is 0 Å². The number of carbonyl (C=O) groups excluding carboxylic acids is 1. The van der Waals surface area contributed by atoms with Gasteiger partial charge in [0, 0.05) is 12.1 Å². The summed E-state index contributed by atoms with van der Waals surface area (Å²) in [5.41, 5.74) is 0.481. The van der Waals surface area contributed by atoms with Crippen molar-refractivity contribution in [1.82, 2.24) is 5.06 Å². The van der Waals surface area contributed by atoms with Crippen molar-refractivity contribution >= 4 is 34.9 Å². The van der Waals surface area contributed by atoms with Gasteiger partial charge in [-0.1, -0.05) is 23.2 Å². The van der Waals surface area contributed by atoms with Gasteiger partial charge in [-0.25, -0.2) is 9.86 Å². The Morgan fingerprint density at radius 2 is 2.13 bits per heavy atom. The Morgan fingerprint density at radius 1 is 1.47 bits per heavy atom. The summed E-state index contributed by atoms with van der Waals surface area (Å²) in [6, 6.07) is 4.38. The van der Waals surface area contributed by atoms with Crippen molar-refractivity contribution in [3.63, 3.8) is 0 Å². The second-order valence-electron chi connectivity index (χ2n) is 2.73. The van der Waals surface area contributed by atoms with Gasteiger partial charge in [0.2, 0.25) is 0 Å². The maximum atomic E-state index is 11.4. The van der Waals surface area contributed by atoms with Crippen molar-refractivity contribution in [2.75, 3.05) is 19.5 Å². The fourth-order valence-corrected chi connectivity index (χ4v) is 1.32. The molecule has 0 unspecified atom stereocenters. The van der Waals surface area contributed by atoms with Gasteiger partial charge in [-0.15, -0.1) is 0 Å². The van der Waals surface area contributed by atoms with Gasteiger partial charge in [-0.05, 0) is 18.2 Å². The van der Waals surface area contributed by atoms with E-state index in [0.717, 1.165) is 5.06 Å². The number of urea groups is 1. The van der Waals surface area contributed by atoms with E-state index in [0.29, 0.717) is 15.7 Å². The van der Waals surface area contributed by atoms with Gasteiger partial charge in [-0.3, -0.25) is 4.84 Å². The molecule has 0 radical (unpaired) electrons. The lowest BCUT2D eigenvalue weighted by atomic mass is 10.3. The topological polar surface area (TPSA) is 41.6 Å². The summed E-state index contributed by atoms with van der Waals surface area (Å²) in [6.45, 7) is 0. The van der Waals surface area contributed by atoms with E-state index in [2.05, 4.69) is 5.32 Å². The van der Waals surface area contributed by atoms with E-state index in [1.165, 1.54) is 14.2 Å². The maximum Gasteiger partial charge on any atom is 0.345 e. The zero-order valence-corrected chi connectivity index (χ0v) is 9.76. The monoisotopic (exact) mass is 248 g/mol. The fourth-order valence-electron chi connectivity index (χ4n) is 0.868. The van der Waals surface area contributed by atoms with Crippen LogP contribution in [0.1, 0.15) is 0 Å². The Balaban J connectivity index is 2.77. The number of benzene rings is 1. The molecule has 0 heterocycles. The van der Waals surface area contributed by atoms with Gasteiger partial charge in [0.15, 0.2) is 0 Å². The summed E-state index contributed by atoms with van der Waals surface area (Å²) >= 11 is 11.6. The molecule has 0 saturated carbocycles. The lowest BCUT2D eigenvalue weighted by Gasteiger charge is -2.15. The van der Waals surface area contributed by atoms with E-state index in [4.69, 9.17) is 28.0 Å². The van der Waals surface area contributed by atoms with E-state index < -0.39 is 6.03 Å². The summed E-state index contributed by atoms with van der Waals surface area (Å²) in [6.07, 6.45) is 0. The number of nitrogens with one attached hydrogen (secondary N) is 1. The average Bonchev–Trinajstić information content (AvgIpc) is 2.20. The number of amides is 2. The summed E-state index contributed by atoms with van der Waals surface area (Å²) in [7, 11) is 2.88. The number of rotatable bonds is 2. The van der Waals surface area contributed by atoms with Crippen molar-refractivity contribution in [3.8, 4) is 0 Å². The molecule has 2 amide bonds. The summed E-state index contributed by atoms with van der Waals surface area (Å²) in [4.78, 5) is 16.1. The highest BCUT2D eigenvalue weighted by atomic mass is 35.5. The van der Waals surface area contributed by atoms with Crippen molar-refractivity contribution in [1.29, 1.82) is 0 Å². The van der Waals surface area contributed by atoms with Gasteiger partial charge in [0.05, 0.1) is 17.8 Å². The van der Waals surface area contributed by atoms with Crippen LogP contribution >= 0.6 is 23.2 Å². The number of carbonyl (C=O) groups is 1. The average molecular weight is 249 g/mol. The highest BCUT2D eigenvalue weighted by Gasteiger charge is 2.09. The van der Waals surface area contributed by atoms with Crippen molar-refractivity contribution in [2.24, 2.45) is 0 Å². The first-order valence-electron chi connectivity index (χ1n) is 4.08. The SMILES string of the molecule is CON(C)C(=O)Nc1ccc(Cl)cc1Cl. The van der Waals surface area contributed by atoms with Crippen molar-refractivity contribution in [2.45, 2.75) is 0 Å². The van der Waals surface area contributed by atoms with E-state index in [-0.39, 0.29) is 0 Å². The van der Waals surface area contributed by atoms with Crippen LogP contribution < -0.4 is 5.32 Å². The minimum atomic E-state index is -0.415. The molecule has 1 N–H and O–H groups in total. The zero-order chi connectivity index (χ0) is 11.4. The van der Waals surface area contributed by atoms with Gasteiger partial charge < -0.3 is 5.32 Å². The molecule has 15 heavy (non-hydrogen) atoms. The van der Waals surface area contributed by atoms with E-state index >= 15 is 0 Å². The molecule has 0 spiro atoms. The minimum Gasteiger partial charge on any atom is -0.305 e. The molecule has 0 aliphatic carbocycles. The first kappa shape index (κ1) is 12.1. The molecule has 6 heteroatoms. The van der Waals surface area contributed by atoms with Crippen molar-refractivity contribution in [3.05, 3.63) is 28.2 Å². The molecule has 4 nitrogen and oxygen atoms in total. The van der Waals surface area contributed by atoms with Crippen LogP contribution in [0.3, 0.4) is 0 Å². The molecule has 0 bridgehead atoms. The quantitative estimate of drug-likeness (QED) is 0.818. The largest absolute Gasteiger partial charge is 0.345 e. The van der Waals surface area contributed by atoms with Gasteiger partial charge >= 0.3 is 6.03 Å². The fraction of sp³-hybridized carbons (Fsp3) is 0.222. The third kappa shape index (κ3) is 3.27. The predicted octanol–water partition coefficient (Wildman–Crippen LogP) is 3.02. The van der Waals surface area contributed by atoms with E-state index in [9.17, 15) is 4.79 Å². The zero-order valence-electron chi connectivity index (χ0n) is 8.25. The Bertz CT molecular complexity index is 371. The Kier molecular flexibility index (Phi) is 4.20. The van der Waals surface area contributed by atoms with Crippen LogP contribution in [0, 0.1) is 0 Å². The molecule has 0 saturated heterocycles. The lowest BCUT2D eigenvalue weighted by Crippen LogP contribution is -2.30. The van der Waals surface area contributed by atoms with Crippen LogP contribution in [-0.4, -0.2) is 25.3 Å². The molecule has 0 fully saturated rings. The highest BCUT2D eigenvalue weighted by molar-refractivity contribution is 6.36. The van der Waals surface area contributed by atoms with Crippen molar-refractivity contribution < 1.29 is 9.63 Å². The van der Waals surface area contributed by atoms with Gasteiger partial charge in [-0.2, -0.15) is 0 Å².